The van der Waals surface area contributed by atoms with E-state index in [2.05, 4.69) is 4.98 Å². The van der Waals surface area contributed by atoms with Gasteiger partial charge in [-0.2, -0.15) is 9.37 Å². The number of rotatable bonds is 4. The highest BCUT2D eigenvalue weighted by Gasteiger charge is 2.21. The van der Waals surface area contributed by atoms with Gasteiger partial charge in [-0.1, -0.05) is 22.9 Å². The molecule has 0 unspecified atom stereocenters. The first-order valence-corrected chi connectivity index (χ1v) is 6.19. The van der Waals surface area contributed by atoms with Gasteiger partial charge in [-0.15, -0.1) is 0 Å². The smallest absolute Gasteiger partial charge is 0.307 e. The molecule has 0 amide bonds. The average molecular weight is 323 g/mol. The summed E-state index contributed by atoms with van der Waals surface area (Å²) in [6.45, 7) is -0.378. The Kier molecular flexibility index (Phi) is 4.12. The van der Waals surface area contributed by atoms with Gasteiger partial charge in [0.1, 0.15) is 5.15 Å². The van der Waals surface area contributed by atoms with Gasteiger partial charge in [-0.3, -0.25) is 10.1 Å². The number of thiazole rings is 1. The number of nitro groups is 1. The molecule has 1 heterocycles. The quantitative estimate of drug-likeness (QED) is 0.689. The fourth-order valence-electron chi connectivity index (χ4n) is 1.28. The third-order valence-electron chi connectivity index (χ3n) is 2.17. The van der Waals surface area contributed by atoms with Gasteiger partial charge in [0, 0.05) is 6.07 Å². The second kappa shape index (κ2) is 5.65. The minimum absolute atomic E-state index is 0.0182. The van der Waals surface area contributed by atoms with E-state index in [0.29, 0.717) is 17.0 Å². The number of benzene rings is 1. The van der Waals surface area contributed by atoms with Crippen LogP contribution in [0.25, 0.3) is 0 Å². The lowest BCUT2D eigenvalue weighted by Gasteiger charge is -2.03. The zero-order valence-electron chi connectivity index (χ0n) is 9.47. The van der Waals surface area contributed by atoms with Crippen molar-refractivity contribution in [3.05, 3.63) is 43.9 Å². The zero-order valence-corrected chi connectivity index (χ0v) is 11.0. The van der Waals surface area contributed by atoms with Gasteiger partial charge >= 0.3 is 5.69 Å². The van der Waals surface area contributed by atoms with E-state index in [1.54, 1.807) is 0 Å². The fraction of sp³-hybridized carbons (Fsp3) is 0.100. The van der Waals surface area contributed by atoms with Crippen LogP contribution in [-0.4, -0.2) is 15.0 Å². The van der Waals surface area contributed by atoms with Crippen molar-refractivity contribution in [3.63, 3.8) is 0 Å². The van der Waals surface area contributed by atoms with E-state index in [1.807, 2.05) is 0 Å². The summed E-state index contributed by atoms with van der Waals surface area (Å²) < 4.78 is 31.9. The fourth-order valence-corrected chi connectivity index (χ4v) is 2.26. The van der Waals surface area contributed by atoms with E-state index < -0.39 is 28.0 Å². The molecule has 1 N–H and O–H groups in total. The Morgan fingerprint density at radius 2 is 2.15 bits per heavy atom. The van der Waals surface area contributed by atoms with Gasteiger partial charge in [-0.05, 0) is 0 Å². The molecule has 106 valence electrons. The first-order chi connectivity index (χ1) is 9.42. The van der Waals surface area contributed by atoms with Crippen molar-refractivity contribution in [2.24, 2.45) is 0 Å². The Labute approximate surface area is 119 Å². The molecule has 2 aromatic rings. The van der Waals surface area contributed by atoms with Gasteiger partial charge in [0.25, 0.3) is 5.19 Å². The van der Waals surface area contributed by atoms with Crippen molar-refractivity contribution in [2.75, 3.05) is 0 Å². The summed E-state index contributed by atoms with van der Waals surface area (Å²) in [4.78, 5) is 13.4. The molecule has 0 spiro atoms. The van der Waals surface area contributed by atoms with Crippen molar-refractivity contribution >= 4 is 28.6 Å². The molecule has 0 aliphatic heterocycles. The van der Waals surface area contributed by atoms with Crippen molar-refractivity contribution in [1.29, 1.82) is 0 Å². The maximum atomic E-state index is 13.6. The molecule has 0 radical (unpaired) electrons. The molecule has 0 fully saturated rings. The summed E-state index contributed by atoms with van der Waals surface area (Å²) in [5, 5.41) is 19.2. The summed E-state index contributed by atoms with van der Waals surface area (Å²) in [5.41, 5.74) is -0.997. The van der Waals surface area contributed by atoms with Crippen molar-refractivity contribution < 1.29 is 23.5 Å². The second-order valence-corrected chi connectivity index (χ2v) is 4.85. The SMILES string of the molecule is O=[N+]([O-])c1cc(F)c(Oc2nc(Cl)c(CO)s2)cc1F. The molecule has 0 atom stereocenters. The summed E-state index contributed by atoms with van der Waals surface area (Å²) in [5.74, 6) is -2.92. The maximum absolute atomic E-state index is 13.6. The zero-order chi connectivity index (χ0) is 14.9. The molecule has 1 aromatic carbocycles. The van der Waals surface area contributed by atoms with Crippen LogP contribution in [0.2, 0.25) is 5.15 Å². The van der Waals surface area contributed by atoms with Gasteiger partial charge in [0.05, 0.1) is 22.5 Å². The number of aliphatic hydroxyl groups excluding tert-OH is 1. The maximum Gasteiger partial charge on any atom is 0.307 e. The molecule has 20 heavy (non-hydrogen) atoms. The normalized spacial score (nSPS) is 10.6. The van der Waals surface area contributed by atoms with Crippen LogP contribution in [-0.2, 0) is 6.61 Å². The van der Waals surface area contributed by atoms with Crippen LogP contribution in [0, 0.1) is 21.7 Å². The number of aliphatic hydroxyl groups is 1. The third-order valence-corrected chi connectivity index (χ3v) is 3.51. The van der Waals surface area contributed by atoms with Crippen LogP contribution >= 0.6 is 22.9 Å². The summed E-state index contributed by atoms with van der Waals surface area (Å²) in [7, 11) is 0. The third kappa shape index (κ3) is 2.84. The molecule has 0 bridgehead atoms. The van der Waals surface area contributed by atoms with E-state index >= 15 is 0 Å². The van der Waals surface area contributed by atoms with Crippen LogP contribution < -0.4 is 4.74 Å². The monoisotopic (exact) mass is 322 g/mol. The van der Waals surface area contributed by atoms with E-state index in [1.165, 1.54) is 0 Å². The number of nitro benzene ring substituents is 1. The lowest BCUT2D eigenvalue weighted by molar-refractivity contribution is -0.387. The lowest BCUT2D eigenvalue weighted by atomic mass is 10.3. The van der Waals surface area contributed by atoms with Crippen molar-refractivity contribution in [2.45, 2.75) is 6.61 Å². The summed E-state index contributed by atoms with van der Waals surface area (Å²) in [6, 6.07) is 0.953. The number of aromatic nitrogens is 1. The number of halogens is 3. The minimum Gasteiger partial charge on any atom is -0.428 e. The first-order valence-electron chi connectivity index (χ1n) is 4.99. The van der Waals surface area contributed by atoms with Crippen molar-refractivity contribution in [1.82, 2.24) is 4.98 Å². The molecule has 1 aromatic heterocycles. The van der Waals surface area contributed by atoms with E-state index in [0.717, 1.165) is 11.3 Å². The molecule has 0 saturated carbocycles. The highest BCUT2D eigenvalue weighted by atomic mass is 35.5. The van der Waals surface area contributed by atoms with Crippen LogP contribution in [0.1, 0.15) is 4.88 Å². The predicted molar refractivity (Wildman–Crippen MR) is 66.1 cm³/mol. The number of ether oxygens (including phenoxy) is 1. The predicted octanol–water partition coefficient (Wildman–Crippen LogP) is 3.27. The van der Waals surface area contributed by atoms with Gasteiger partial charge in [-0.25, -0.2) is 4.39 Å². The lowest BCUT2D eigenvalue weighted by Crippen LogP contribution is -1.96. The van der Waals surface area contributed by atoms with Crippen molar-refractivity contribution in [3.8, 4) is 10.9 Å². The topological polar surface area (TPSA) is 85.5 Å². The Morgan fingerprint density at radius 3 is 2.70 bits per heavy atom. The van der Waals surface area contributed by atoms with E-state index in [4.69, 9.17) is 21.4 Å². The Morgan fingerprint density at radius 1 is 1.45 bits per heavy atom. The first kappa shape index (κ1) is 14.6. The van der Waals surface area contributed by atoms with E-state index in [-0.39, 0.29) is 17.0 Å². The van der Waals surface area contributed by atoms with Crippen LogP contribution in [0.15, 0.2) is 12.1 Å². The molecule has 0 saturated heterocycles. The van der Waals surface area contributed by atoms with Crippen LogP contribution in [0.3, 0.4) is 0 Å². The summed E-state index contributed by atoms with van der Waals surface area (Å²) in [6.07, 6.45) is 0. The van der Waals surface area contributed by atoms with E-state index in [9.17, 15) is 18.9 Å². The standard InChI is InChI=1S/C10H5ClF2N2O4S/c11-9-8(3-16)20-10(14-9)19-7-2-4(12)6(15(17)18)1-5(7)13/h1-2,16H,3H2. The molecule has 0 aliphatic carbocycles. The minimum atomic E-state index is -1.24. The Balaban J connectivity index is 2.33. The molecule has 10 heteroatoms. The highest BCUT2D eigenvalue weighted by Crippen LogP contribution is 2.34. The molecular weight excluding hydrogens is 318 g/mol. The number of nitrogens with zero attached hydrogens (tertiary/aromatic N) is 2. The average Bonchev–Trinajstić information content (AvgIpc) is 2.73. The molecule has 6 nitrogen and oxygen atoms in total. The van der Waals surface area contributed by atoms with Gasteiger partial charge in [0.15, 0.2) is 11.6 Å². The van der Waals surface area contributed by atoms with Crippen LogP contribution in [0.5, 0.6) is 10.9 Å². The van der Waals surface area contributed by atoms with Gasteiger partial charge < -0.3 is 9.84 Å². The van der Waals surface area contributed by atoms with Crippen LogP contribution in [0.4, 0.5) is 14.5 Å². The summed E-state index contributed by atoms with van der Waals surface area (Å²) >= 11 is 6.49. The largest absolute Gasteiger partial charge is 0.428 e. The highest BCUT2D eigenvalue weighted by molar-refractivity contribution is 7.13. The Bertz CT molecular complexity index is 680. The second-order valence-electron chi connectivity index (χ2n) is 3.45. The number of hydrogen-bond donors (Lipinski definition) is 1. The number of hydrogen-bond acceptors (Lipinski definition) is 6. The molecule has 2 rings (SSSR count). The van der Waals surface area contributed by atoms with Gasteiger partial charge in [0.2, 0.25) is 5.82 Å². The molecular formula is C10H5ClF2N2O4S. The Hall–Kier alpha value is -1.84. The molecule has 0 aliphatic rings.